The molecule has 4 aliphatic rings. The van der Waals surface area contributed by atoms with E-state index < -0.39 is 27.5 Å². The molecule has 1 aliphatic heterocycles. The number of alkyl halides is 3. The Morgan fingerprint density at radius 1 is 1.07 bits per heavy atom. The van der Waals surface area contributed by atoms with Gasteiger partial charge in [-0.15, -0.1) is 13.2 Å². The van der Waals surface area contributed by atoms with Gasteiger partial charge in [-0.3, -0.25) is 0 Å². The fourth-order valence-electron chi connectivity index (χ4n) is 4.99. The maximum Gasteiger partial charge on any atom is 0.573 e. The maximum atomic E-state index is 12.9. The van der Waals surface area contributed by atoms with Crippen LogP contribution in [0.5, 0.6) is 5.75 Å². The van der Waals surface area contributed by atoms with Crippen LogP contribution in [-0.4, -0.2) is 28.6 Å². The summed E-state index contributed by atoms with van der Waals surface area (Å²) in [5.41, 5.74) is 7.73. The highest BCUT2D eigenvalue weighted by Crippen LogP contribution is 2.47. The Morgan fingerprint density at radius 3 is 2.43 bits per heavy atom. The van der Waals surface area contributed by atoms with Gasteiger partial charge in [-0.05, 0) is 56.4 Å². The fourth-order valence-corrected chi connectivity index (χ4v) is 7.45. The molecule has 3 aliphatic carbocycles. The third kappa shape index (κ3) is 4.27. The second-order valence-electron chi connectivity index (χ2n) is 8.71. The molecule has 1 heterocycles. The normalized spacial score (nSPS) is 31.3. The van der Waals surface area contributed by atoms with Crippen molar-refractivity contribution < 1.29 is 25.7 Å². The fraction of sp³-hybridized carbons (Fsp3) is 0.591. The van der Waals surface area contributed by atoms with Crippen LogP contribution < -0.4 is 10.5 Å². The van der Waals surface area contributed by atoms with Crippen LogP contribution in [0, 0.1) is 17.8 Å². The van der Waals surface area contributed by atoms with Crippen LogP contribution in [0.3, 0.4) is 0 Å². The van der Waals surface area contributed by atoms with Crippen molar-refractivity contribution in [2.45, 2.75) is 57.0 Å². The number of benzene rings is 1. The number of allylic oxidation sites excluding steroid dienone is 1. The second kappa shape index (κ2) is 8.09. The van der Waals surface area contributed by atoms with E-state index in [0.29, 0.717) is 36.0 Å². The molecule has 2 N–H and O–H groups in total. The van der Waals surface area contributed by atoms with E-state index in [1.54, 1.807) is 18.2 Å². The van der Waals surface area contributed by atoms with Crippen molar-refractivity contribution in [3.63, 3.8) is 0 Å². The van der Waals surface area contributed by atoms with Gasteiger partial charge in [-0.1, -0.05) is 18.2 Å². The highest BCUT2D eigenvalue weighted by Gasteiger charge is 2.42. The first kappa shape index (κ1) is 20.8. The molecule has 5 rings (SSSR count). The predicted molar refractivity (Wildman–Crippen MR) is 115 cm³/mol. The Kier molecular flexibility index (Phi) is 5.60. The van der Waals surface area contributed by atoms with Gasteiger partial charge in [0.05, 0.1) is 16.2 Å². The molecule has 30 heavy (non-hydrogen) atoms. The average molecular weight is 535 g/mol. The Hall–Kier alpha value is -1.13. The molecule has 0 radical (unpaired) electrons. The number of hydrogen-bond donors (Lipinski definition) is 1. The highest BCUT2D eigenvalue weighted by atomic mass is 127. The van der Waals surface area contributed by atoms with Crippen LogP contribution in [0.4, 0.5) is 13.2 Å². The van der Waals surface area contributed by atoms with Crippen LogP contribution in [0.25, 0.3) is 0 Å². The monoisotopic (exact) mass is 535 g/mol. The molecule has 2 bridgehead atoms. The lowest BCUT2D eigenvalue weighted by molar-refractivity contribution is -0.274. The topological polar surface area (TPSA) is 53.7 Å². The number of nitrogens with two attached hydrogens (primary N) is 1. The van der Waals surface area contributed by atoms with Gasteiger partial charge < -0.3 is 18.3 Å². The summed E-state index contributed by atoms with van der Waals surface area (Å²) < 4.78 is 56.3. The molecule has 4 nitrogen and oxygen atoms in total. The Bertz CT molecular complexity index is 867. The summed E-state index contributed by atoms with van der Waals surface area (Å²) in [5.74, 6) is 2.21. The molecule has 2 unspecified atom stereocenters. The molecule has 1 aromatic rings. The summed E-state index contributed by atoms with van der Waals surface area (Å²) in [4.78, 5) is 0. The van der Waals surface area contributed by atoms with E-state index in [9.17, 15) is 13.2 Å². The lowest BCUT2D eigenvalue weighted by Gasteiger charge is -2.33. The molecule has 2 atom stereocenters. The molecule has 0 aromatic heterocycles. The number of halogens is 4. The summed E-state index contributed by atoms with van der Waals surface area (Å²) in [6.45, 7) is 0.389. The standard InChI is InChI=1S/C22H25F3INO3/c23-22(24,25)29-18-4-2-1-3-16(18)19-17(21(30-26-19)12-5-6-12)11-28-15-9-13-7-8-14(10-15)20(13)27/h1-4,12-15,20H,5-11,27H2. The van der Waals surface area contributed by atoms with Gasteiger partial charge in [0, 0.05) is 23.1 Å². The summed E-state index contributed by atoms with van der Waals surface area (Å²) in [6, 6.07) is 6.65. The third-order valence-corrected chi connectivity index (χ3v) is 9.02. The van der Waals surface area contributed by atoms with E-state index in [0.717, 1.165) is 40.5 Å². The van der Waals surface area contributed by atoms with Gasteiger partial charge in [-0.2, -0.15) is 0 Å². The van der Waals surface area contributed by atoms with E-state index in [-0.39, 0.29) is 11.9 Å². The van der Waals surface area contributed by atoms with Crippen molar-refractivity contribution in [1.82, 2.24) is 0 Å². The zero-order valence-corrected chi connectivity index (χ0v) is 18.6. The minimum absolute atomic E-state index is 0.164. The Morgan fingerprint density at radius 2 is 1.77 bits per heavy atom. The molecule has 0 saturated heterocycles. The largest absolute Gasteiger partial charge is 0.573 e. The predicted octanol–water partition coefficient (Wildman–Crippen LogP) is 5.22. The molecular formula is C22H25F3INO3. The Labute approximate surface area is 184 Å². The van der Waals surface area contributed by atoms with Crippen molar-refractivity contribution in [2.24, 2.45) is 23.5 Å². The van der Waals surface area contributed by atoms with Crippen LogP contribution in [0.2, 0.25) is 0 Å². The third-order valence-electron chi connectivity index (χ3n) is 6.65. The van der Waals surface area contributed by atoms with Crippen molar-refractivity contribution in [1.29, 1.82) is 0 Å². The molecule has 0 spiro atoms. The molecule has 3 fully saturated rings. The van der Waals surface area contributed by atoms with Gasteiger partial charge in [0.2, 0.25) is 0 Å². The van der Waals surface area contributed by atoms with Gasteiger partial charge in [0.1, 0.15) is 32.7 Å². The van der Waals surface area contributed by atoms with Gasteiger partial charge >= 0.3 is 6.36 Å². The van der Waals surface area contributed by atoms with Gasteiger partial charge in [0.15, 0.2) is 0 Å². The first-order valence-electron chi connectivity index (χ1n) is 10.5. The van der Waals surface area contributed by atoms with Gasteiger partial charge in [-0.25, -0.2) is 0 Å². The number of para-hydroxylation sites is 1. The molecule has 0 amide bonds. The Balaban J connectivity index is 1.36. The van der Waals surface area contributed by atoms with E-state index in [4.69, 9.17) is 13.5 Å². The second-order valence-corrected chi connectivity index (χ2v) is 10.7. The lowest BCUT2D eigenvalue weighted by Crippen LogP contribution is -2.40. The molecule has 3 saturated carbocycles. The summed E-state index contributed by atoms with van der Waals surface area (Å²) in [7, 11) is 0. The smallest absolute Gasteiger partial charge is 0.439 e. The van der Waals surface area contributed by atoms with Crippen molar-refractivity contribution in [3.05, 3.63) is 41.2 Å². The zero-order valence-electron chi connectivity index (χ0n) is 16.5. The zero-order chi connectivity index (χ0) is 20.9. The van der Waals surface area contributed by atoms with Crippen LogP contribution >= 0.6 is 21.1 Å². The van der Waals surface area contributed by atoms with E-state index in [1.807, 2.05) is 0 Å². The van der Waals surface area contributed by atoms with E-state index in [2.05, 4.69) is 4.74 Å². The van der Waals surface area contributed by atoms with Crippen molar-refractivity contribution in [2.75, 3.05) is 6.61 Å². The molecular weight excluding hydrogens is 510 g/mol. The average Bonchev–Trinajstić information content (AvgIpc) is 3.42. The first-order valence-corrected chi connectivity index (χ1v) is 12.5. The van der Waals surface area contributed by atoms with Crippen molar-refractivity contribution in [3.8, 4) is 5.75 Å². The number of fused-ring (bicyclic) bond motifs is 2. The van der Waals surface area contributed by atoms with Crippen molar-refractivity contribution >= 4 is 24.7 Å². The highest BCUT2D eigenvalue weighted by molar-refractivity contribution is 14.2. The SMILES string of the molecule is NC1C2CCC1CC(OCC1=C(C3CC3)OI=C1c1ccccc1OC(F)(F)F)C2. The van der Waals surface area contributed by atoms with Gasteiger partial charge in [0.25, 0.3) is 0 Å². The first-order chi connectivity index (χ1) is 14.4. The lowest BCUT2D eigenvalue weighted by atomic mass is 9.83. The van der Waals surface area contributed by atoms with Crippen LogP contribution in [0.15, 0.2) is 35.6 Å². The molecule has 1 aromatic carbocycles. The number of ether oxygens (including phenoxy) is 2. The minimum Gasteiger partial charge on any atom is -0.439 e. The summed E-state index contributed by atoms with van der Waals surface area (Å²) >= 11 is -0.885. The van der Waals surface area contributed by atoms with E-state index in [1.165, 1.54) is 18.9 Å². The maximum absolute atomic E-state index is 12.9. The summed E-state index contributed by atoms with van der Waals surface area (Å²) in [6.07, 6.45) is 1.88. The summed E-state index contributed by atoms with van der Waals surface area (Å²) in [5, 5.41) is 0. The van der Waals surface area contributed by atoms with Crippen LogP contribution in [-0.2, 0) is 7.80 Å². The van der Waals surface area contributed by atoms with Crippen LogP contribution in [0.1, 0.15) is 44.1 Å². The molecule has 8 heteroatoms. The number of rotatable bonds is 6. The number of hydrogen-bond acceptors (Lipinski definition) is 4. The van der Waals surface area contributed by atoms with E-state index >= 15 is 0 Å². The quantitative estimate of drug-likeness (QED) is 0.508. The molecule has 164 valence electrons. The minimum atomic E-state index is -4.73.